The summed E-state index contributed by atoms with van der Waals surface area (Å²) in [5.41, 5.74) is 18.1. The zero-order valence-corrected chi connectivity index (χ0v) is 31.8. The number of rotatable bonds is 3. The van der Waals surface area contributed by atoms with E-state index in [1.807, 2.05) is 0 Å². The van der Waals surface area contributed by atoms with Crippen LogP contribution in [0.25, 0.3) is 82.9 Å². The predicted molar refractivity (Wildman–Crippen MR) is 234 cm³/mol. The molecule has 0 N–H and O–H groups in total. The summed E-state index contributed by atoms with van der Waals surface area (Å²) in [5.74, 6) is 1.31. The molecular weight excluding hydrogens is 691 g/mol. The van der Waals surface area contributed by atoms with Crippen molar-refractivity contribution in [3.8, 4) is 39.3 Å². The Morgan fingerprint density at radius 1 is 0.526 bits per heavy atom. The second-order valence-corrected chi connectivity index (χ2v) is 16.9. The van der Waals surface area contributed by atoms with Crippen LogP contribution in [0.2, 0.25) is 0 Å². The molecular formula is C54H37N3. The Morgan fingerprint density at radius 3 is 2.07 bits per heavy atom. The van der Waals surface area contributed by atoms with Gasteiger partial charge in [0.1, 0.15) is 5.69 Å². The van der Waals surface area contributed by atoms with Gasteiger partial charge in [0.15, 0.2) is 5.82 Å². The maximum Gasteiger partial charge on any atom is 0.165 e. The summed E-state index contributed by atoms with van der Waals surface area (Å²) < 4.78 is 2.41. The second-order valence-electron chi connectivity index (χ2n) is 16.9. The van der Waals surface area contributed by atoms with Crippen molar-refractivity contribution in [3.63, 3.8) is 0 Å². The second kappa shape index (κ2) is 10.9. The standard InChI is InChI=1S/C54H37N3/c1-53(2)41-21-9-8-19-38(41)49-39(20-13-23-43(49)53)51-52(56-46-25-12-11-24-45(46)55-51)57-47-29-27-33(30-40(47)50-34-15-4-3-14-32(34)26-28-48(50)57)54-31-44(54)37-18-6-5-16-35(37)36-17-7-10-22-42(36)54/h3-30,44H,31H2,1-2H3. The highest BCUT2D eigenvalue weighted by Gasteiger charge is 2.60. The van der Waals surface area contributed by atoms with Crippen LogP contribution >= 0.6 is 0 Å². The molecule has 1 saturated carbocycles. The van der Waals surface area contributed by atoms with Crippen molar-refractivity contribution in [3.05, 3.63) is 198 Å². The predicted octanol–water partition coefficient (Wildman–Crippen LogP) is 13.3. The van der Waals surface area contributed by atoms with E-state index in [-0.39, 0.29) is 10.8 Å². The Morgan fingerprint density at radius 2 is 1.19 bits per heavy atom. The SMILES string of the molecule is CC1(C)c2ccccc2-c2c(-c3nc4ccccc4nc3-n3c4ccc(C56CC5c5ccccc5-c5ccccc56)cc4c4c5ccccc5ccc43)cccc21. The van der Waals surface area contributed by atoms with E-state index < -0.39 is 0 Å². The van der Waals surface area contributed by atoms with E-state index in [1.54, 1.807) is 0 Å². The number of benzene rings is 8. The van der Waals surface area contributed by atoms with Gasteiger partial charge in [-0.05, 0) is 104 Å². The zero-order chi connectivity index (χ0) is 37.6. The Hall–Kier alpha value is -6.84. The van der Waals surface area contributed by atoms with E-state index in [2.05, 4.69) is 188 Å². The van der Waals surface area contributed by atoms with Crippen LogP contribution in [0.1, 0.15) is 54.0 Å². The van der Waals surface area contributed by atoms with Gasteiger partial charge in [-0.1, -0.05) is 153 Å². The molecule has 3 heteroatoms. The lowest BCUT2D eigenvalue weighted by Crippen LogP contribution is -2.17. The molecule has 0 spiro atoms. The molecule has 2 aromatic heterocycles. The van der Waals surface area contributed by atoms with Gasteiger partial charge in [0.2, 0.25) is 0 Å². The fourth-order valence-electron chi connectivity index (χ4n) is 11.1. The van der Waals surface area contributed by atoms with Crippen LogP contribution in [0.3, 0.4) is 0 Å². The van der Waals surface area contributed by atoms with Crippen molar-refractivity contribution in [1.82, 2.24) is 14.5 Å². The minimum absolute atomic E-state index is 0.0587. The van der Waals surface area contributed by atoms with E-state index in [0.717, 1.165) is 45.6 Å². The maximum absolute atomic E-state index is 5.58. The first kappa shape index (κ1) is 31.4. The first-order valence-corrected chi connectivity index (χ1v) is 20.2. The summed E-state index contributed by atoms with van der Waals surface area (Å²) in [6.07, 6.45) is 1.11. The van der Waals surface area contributed by atoms with Gasteiger partial charge in [0.05, 0.1) is 22.1 Å². The number of nitrogens with zero attached hydrogens (tertiary/aromatic N) is 3. The summed E-state index contributed by atoms with van der Waals surface area (Å²) in [5, 5.41) is 5.00. The van der Waals surface area contributed by atoms with E-state index in [1.165, 1.54) is 71.6 Å². The number of aromatic nitrogens is 3. The van der Waals surface area contributed by atoms with Crippen LogP contribution in [0.4, 0.5) is 0 Å². The lowest BCUT2D eigenvalue weighted by molar-refractivity contribution is 0.660. The highest BCUT2D eigenvalue weighted by atomic mass is 15.1. The van der Waals surface area contributed by atoms with Crippen molar-refractivity contribution in [1.29, 1.82) is 0 Å². The first-order valence-electron chi connectivity index (χ1n) is 20.2. The highest BCUT2D eigenvalue weighted by molar-refractivity contribution is 6.21. The molecule has 13 rings (SSSR count). The highest BCUT2D eigenvalue weighted by Crippen LogP contribution is 2.70. The van der Waals surface area contributed by atoms with Crippen LogP contribution < -0.4 is 0 Å². The Kier molecular flexibility index (Phi) is 6.01. The molecule has 10 aromatic rings. The molecule has 268 valence electrons. The van der Waals surface area contributed by atoms with Crippen LogP contribution in [-0.2, 0) is 10.8 Å². The van der Waals surface area contributed by atoms with Gasteiger partial charge in [0, 0.05) is 27.2 Å². The molecule has 2 heterocycles. The normalized spacial score (nSPS) is 18.3. The van der Waals surface area contributed by atoms with Gasteiger partial charge in [-0.25, -0.2) is 9.97 Å². The molecule has 0 aliphatic heterocycles. The van der Waals surface area contributed by atoms with Crippen molar-refractivity contribution in [2.24, 2.45) is 0 Å². The Balaban J connectivity index is 1.13. The minimum atomic E-state index is -0.132. The molecule has 3 nitrogen and oxygen atoms in total. The molecule has 1 fully saturated rings. The molecule has 3 aliphatic rings. The quantitative estimate of drug-likeness (QED) is 0.181. The molecule has 0 radical (unpaired) electrons. The summed E-state index contributed by atoms with van der Waals surface area (Å²) in [7, 11) is 0. The number of para-hydroxylation sites is 2. The molecule has 0 amide bonds. The molecule has 3 aliphatic carbocycles. The summed E-state index contributed by atoms with van der Waals surface area (Å²) in [6.45, 7) is 4.69. The largest absolute Gasteiger partial charge is 0.292 e. The van der Waals surface area contributed by atoms with Crippen molar-refractivity contribution in [2.75, 3.05) is 0 Å². The molecule has 57 heavy (non-hydrogen) atoms. The summed E-state index contributed by atoms with van der Waals surface area (Å²) >= 11 is 0. The zero-order valence-electron chi connectivity index (χ0n) is 31.8. The molecule has 0 saturated heterocycles. The van der Waals surface area contributed by atoms with E-state index >= 15 is 0 Å². The third kappa shape index (κ3) is 4.01. The van der Waals surface area contributed by atoms with Gasteiger partial charge in [-0.3, -0.25) is 4.57 Å². The summed E-state index contributed by atoms with van der Waals surface area (Å²) in [6, 6.07) is 62.9. The average molecular weight is 728 g/mol. The molecule has 0 bridgehead atoms. The number of hydrogen-bond acceptors (Lipinski definition) is 2. The van der Waals surface area contributed by atoms with E-state index in [9.17, 15) is 0 Å². The van der Waals surface area contributed by atoms with Crippen LogP contribution in [0.5, 0.6) is 0 Å². The maximum atomic E-state index is 5.58. The monoisotopic (exact) mass is 727 g/mol. The van der Waals surface area contributed by atoms with Crippen LogP contribution in [-0.4, -0.2) is 14.5 Å². The molecule has 2 atom stereocenters. The Bertz CT molecular complexity index is 3380. The summed E-state index contributed by atoms with van der Waals surface area (Å²) in [4.78, 5) is 11.1. The minimum Gasteiger partial charge on any atom is -0.292 e. The number of hydrogen-bond donors (Lipinski definition) is 0. The lowest BCUT2D eigenvalue weighted by Gasteiger charge is -2.28. The third-order valence-corrected chi connectivity index (χ3v) is 13.8. The van der Waals surface area contributed by atoms with Gasteiger partial charge >= 0.3 is 0 Å². The van der Waals surface area contributed by atoms with Gasteiger partial charge in [-0.15, -0.1) is 0 Å². The van der Waals surface area contributed by atoms with Gasteiger partial charge < -0.3 is 0 Å². The third-order valence-electron chi connectivity index (χ3n) is 13.8. The fourth-order valence-corrected chi connectivity index (χ4v) is 11.1. The number of fused-ring (bicyclic) bond motifs is 15. The van der Waals surface area contributed by atoms with E-state index in [4.69, 9.17) is 9.97 Å². The smallest absolute Gasteiger partial charge is 0.165 e. The van der Waals surface area contributed by atoms with Gasteiger partial charge in [-0.2, -0.15) is 0 Å². The van der Waals surface area contributed by atoms with E-state index in [0.29, 0.717) is 5.92 Å². The molecule has 2 unspecified atom stereocenters. The van der Waals surface area contributed by atoms with Crippen molar-refractivity contribution >= 4 is 43.6 Å². The Labute approximate surface area is 330 Å². The lowest BCUT2D eigenvalue weighted by atomic mass is 9.75. The first-order chi connectivity index (χ1) is 28.0. The van der Waals surface area contributed by atoms with Crippen molar-refractivity contribution < 1.29 is 0 Å². The van der Waals surface area contributed by atoms with Crippen molar-refractivity contribution in [2.45, 2.75) is 37.0 Å². The fraction of sp³-hybridized carbons (Fsp3) is 0.111. The van der Waals surface area contributed by atoms with Gasteiger partial charge in [0.25, 0.3) is 0 Å². The van der Waals surface area contributed by atoms with Crippen LogP contribution in [0.15, 0.2) is 170 Å². The average Bonchev–Trinajstić information content (AvgIpc) is 3.89. The topological polar surface area (TPSA) is 30.7 Å². The van der Waals surface area contributed by atoms with Crippen LogP contribution in [0, 0.1) is 0 Å². The molecule has 8 aromatic carbocycles.